The lowest BCUT2D eigenvalue weighted by Gasteiger charge is -2.44. The molecule has 0 spiro atoms. The quantitative estimate of drug-likeness (QED) is 0.533. The van der Waals surface area contributed by atoms with Crippen molar-refractivity contribution in [3.8, 4) is 5.75 Å². The number of rotatable bonds is 5. The molecule has 1 aromatic rings. The Morgan fingerprint density at radius 3 is 2.59 bits per heavy atom. The van der Waals surface area contributed by atoms with Crippen molar-refractivity contribution < 1.29 is 19.1 Å². The molecule has 0 bridgehead atoms. The lowest BCUT2D eigenvalue weighted by molar-refractivity contribution is 0.0246. The van der Waals surface area contributed by atoms with Gasteiger partial charge < -0.3 is 14.4 Å². The molecule has 4 rings (SSSR count). The van der Waals surface area contributed by atoms with Crippen LogP contribution in [0.1, 0.15) is 88.9 Å². The van der Waals surface area contributed by atoms with Crippen LogP contribution >= 0.6 is 0 Å². The van der Waals surface area contributed by atoms with Crippen LogP contribution in [-0.4, -0.2) is 42.7 Å². The number of hydrogen-bond acceptors (Lipinski definition) is 4. The van der Waals surface area contributed by atoms with Gasteiger partial charge in [0.2, 0.25) is 0 Å². The van der Waals surface area contributed by atoms with Crippen LogP contribution in [0.2, 0.25) is 0 Å². The van der Waals surface area contributed by atoms with Crippen molar-refractivity contribution in [2.24, 2.45) is 23.7 Å². The average molecular weight is 471 g/mol. The van der Waals surface area contributed by atoms with E-state index in [1.807, 2.05) is 0 Å². The van der Waals surface area contributed by atoms with E-state index in [-0.39, 0.29) is 12.0 Å². The van der Waals surface area contributed by atoms with E-state index in [1.165, 1.54) is 32.1 Å². The highest BCUT2D eigenvalue weighted by atomic mass is 16.6. The first kappa shape index (κ1) is 24.9. The molecule has 1 N–H and O–H groups in total. The Hall–Kier alpha value is -2.24. The normalized spacial score (nSPS) is 29.3. The van der Waals surface area contributed by atoms with Crippen LogP contribution in [0, 0.1) is 23.7 Å². The molecule has 0 radical (unpaired) electrons. The minimum atomic E-state index is -0.441. The summed E-state index contributed by atoms with van der Waals surface area (Å²) < 4.78 is 11.4. The summed E-state index contributed by atoms with van der Waals surface area (Å²) >= 11 is 0. The zero-order chi connectivity index (χ0) is 24.2. The first-order valence-electron chi connectivity index (χ1n) is 13.3. The highest BCUT2D eigenvalue weighted by molar-refractivity contribution is 5.98. The predicted octanol–water partition coefficient (Wildman–Crippen LogP) is 6.50. The Balaban J connectivity index is 1.41. The molecule has 6 heteroatoms. The smallest absolute Gasteiger partial charge is 0.411 e. The van der Waals surface area contributed by atoms with E-state index in [0.717, 1.165) is 32.2 Å². The number of ether oxygens (including phenoxy) is 2. The fraction of sp³-hybridized carbons (Fsp3) is 0.714. The number of nitrogens with one attached hydrogen (secondary N) is 1. The molecular formula is C28H42N2O4. The summed E-state index contributed by atoms with van der Waals surface area (Å²) in [7, 11) is 1.57. The summed E-state index contributed by atoms with van der Waals surface area (Å²) in [6.07, 6.45) is 9.80. The largest absolute Gasteiger partial charge is 0.496 e. The summed E-state index contributed by atoms with van der Waals surface area (Å²) in [5, 5.41) is 2.85. The van der Waals surface area contributed by atoms with Gasteiger partial charge in [0.1, 0.15) is 11.9 Å². The maximum atomic E-state index is 13.5. The highest BCUT2D eigenvalue weighted by Gasteiger charge is 2.37. The lowest BCUT2D eigenvalue weighted by Crippen LogP contribution is -2.49. The number of carbonyl (C=O) groups excluding carboxylic acids is 2. The van der Waals surface area contributed by atoms with Crippen LogP contribution in [0.3, 0.4) is 0 Å². The molecule has 3 aliphatic rings. The third kappa shape index (κ3) is 5.52. The summed E-state index contributed by atoms with van der Waals surface area (Å²) in [4.78, 5) is 28.2. The van der Waals surface area contributed by atoms with E-state index in [9.17, 15) is 9.59 Å². The van der Waals surface area contributed by atoms with Gasteiger partial charge in [0.15, 0.2) is 0 Å². The summed E-state index contributed by atoms with van der Waals surface area (Å²) in [5.41, 5.74) is 1.14. The van der Waals surface area contributed by atoms with Gasteiger partial charge in [0.25, 0.3) is 5.91 Å². The average Bonchev–Trinajstić information content (AvgIpc) is 2.84. The number of likely N-dealkylation sites (tertiary alicyclic amines) is 1. The van der Waals surface area contributed by atoms with Crippen molar-refractivity contribution in [1.82, 2.24) is 4.90 Å². The maximum Gasteiger partial charge on any atom is 0.411 e. The first-order chi connectivity index (χ1) is 16.4. The second-order valence-electron chi connectivity index (χ2n) is 11.0. The number of amides is 2. The van der Waals surface area contributed by atoms with E-state index in [4.69, 9.17) is 9.47 Å². The molecule has 3 fully saturated rings. The zero-order valence-electron chi connectivity index (χ0n) is 21.3. The van der Waals surface area contributed by atoms with Crippen molar-refractivity contribution >= 4 is 17.7 Å². The summed E-state index contributed by atoms with van der Waals surface area (Å²) in [5.74, 6) is 2.72. The van der Waals surface area contributed by atoms with Crippen molar-refractivity contribution in [2.75, 3.05) is 19.0 Å². The van der Waals surface area contributed by atoms with Crippen molar-refractivity contribution in [3.63, 3.8) is 0 Å². The molecule has 0 aromatic heterocycles. The van der Waals surface area contributed by atoms with Crippen LogP contribution < -0.4 is 10.1 Å². The number of hydrogen-bond donors (Lipinski definition) is 1. The van der Waals surface area contributed by atoms with Crippen LogP contribution in [-0.2, 0) is 4.74 Å². The van der Waals surface area contributed by atoms with Gasteiger partial charge in [0.05, 0.1) is 12.7 Å². The number of benzene rings is 1. The molecule has 0 unspecified atom stereocenters. The minimum absolute atomic E-state index is 0.0401. The van der Waals surface area contributed by atoms with Crippen molar-refractivity contribution in [3.05, 3.63) is 23.8 Å². The number of fused-ring (bicyclic) bond motifs is 1. The molecule has 34 heavy (non-hydrogen) atoms. The molecular weight excluding hydrogens is 428 g/mol. The first-order valence-corrected chi connectivity index (χ1v) is 13.3. The zero-order valence-corrected chi connectivity index (χ0v) is 21.3. The second-order valence-corrected chi connectivity index (χ2v) is 11.0. The fourth-order valence-corrected chi connectivity index (χ4v) is 6.34. The number of methoxy groups -OCH3 is 1. The van der Waals surface area contributed by atoms with Gasteiger partial charge in [-0.15, -0.1) is 0 Å². The number of piperidine rings is 1. The van der Waals surface area contributed by atoms with Crippen LogP contribution in [0.25, 0.3) is 0 Å². The third-order valence-corrected chi connectivity index (χ3v) is 8.55. The van der Waals surface area contributed by atoms with E-state index < -0.39 is 6.09 Å². The molecule has 5 atom stereocenters. The van der Waals surface area contributed by atoms with Gasteiger partial charge in [-0.2, -0.15) is 0 Å². The Labute approximate surface area is 204 Å². The van der Waals surface area contributed by atoms with Crippen LogP contribution in [0.5, 0.6) is 5.75 Å². The number of anilines is 1. The summed E-state index contributed by atoms with van der Waals surface area (Å²) in [6.45, 7) is 7.46. The van der Waals surface area contributed by atoms with Gasteiger partial charge in [-0.25, -0.2) is 4.79 Å². The standard InChI is InChI=1S/C28H42N2O4/c1-18(2)21-12-11-19(3)25(16-21)34-28(32)29-22-13-14-23(26(17-22)33-4)27(31)30-15-7-9-20-8-5-6-10-24(20)30/h13-14,17-21,24-25H,5-12,15-16H2,1-4H3,(H,29,32)/t19-,20+,21+,24+,25+/m0/s1. The van der Waals surface area contributed by atoms with Gasteiger partial charge in [-0.1, -0.05) is 33.6 Å². The Morgan fingerprint density at radius 2 is 1.82 bits per heavy atom. The summed E-state index contributed by atoms with van der Waals surface area (Å²) in [6, 6.07) is 5.64. The van der Waals surface area contributed by atoms with E-state index >= 15 is 0 Å². The molecule has 2 amide bonds. The molecule has 188 valence electrons. The van der Waals surface area contributed by atoms with Gasteiger partial charge in [0, 0.05) is 24.3 Å². The lowest BCUT2D eigenvalue weighted by atomic mass is 9.76. The molecule has 1 heterocycles. The van der Waals surface area contributed by atoms with Crippen molar-refractivity contribution in [1.29, 1.82) is 0 Å². The molecule has 1 saturated heterocycles. The number of carbonyl (C=O) groups is 2. The van der Waals surface area contributed by atoms with Gasteiger partial charge in [-0.3, -0.25) is 10.1 Å². The van der Waals surface area contributed by atoms with E-state index in [0.29, 0.717) is 46.7 Å². The fourth-order valence-electron chi connectivity index (χ4n) is 6.34. The van der Waals surface area contributed by atoms with Crippen LogP contribution in [0.4, 0.5) is 10.5 Å². The minimum Gasteiger partial charge on any atom is -0.496 e. The third-order valence-electron chi connectivity index (χ3n) is 8.55. The van der Waals surface area contributed by atoms with E-state index in [2.05, 4.69) is 31.0 Å². The van der Waals surface area contributed by atoms with Gasteiger partial charge >= 0.3 is 6.09 Å². The number of nitrogens with zero attached hydrogens (tertiary/aromatic N) is 1. The predicted molar refractivity (Wildman–Crippen MR) is 134 cm³/mol. The topological polar surface area (TPSA) is 67.9 Å². The van der Waals surface area contributed by atoms with Crippen LogP contribution in [0.15, 0.2) is 18.2 Å². The Morgan fingerprint density at radius 1 is 1.06 bits per heavy atom. The Kier molecular flexibility index (Phi) is 8.05. The molecule has 2 aliphatic carbocycles. The SMILES string of the molecule is COc1cc(NC(=O)O[C@@H]2C[C@H](C(C)C)CC[C@@H]2C)ccc1C(=O)N1CCC[C@H]2CCCC[C@H]21. The molecule has 6 nitrogen and oxygen atoms in total. The molecule has 1 aliphatic heterocycles. The Bertz CT molecular complexity index is 868. The molecule has 2 saturated carbocycles. The van der Waals surface area contributed by atoms with Crippen molar-refractivity contribution in [2.45, 2.75) is 90.7 Å². The van der Waals surface area contributed by atoms with Gasteiger partial charge in [-0.05, 0) is 80.8 Å². The maximum absolute atomic E-state index is 13.5. The second kappa shape index (κ2) is 11.0. The monoisotopic (exact) mass is 470 g/mol. The van der Waals surface area contributed by atoms with E-state index in [1.54, 1.807) is 25.3 Å². The molecule has 1 aromatic carbocycles. The highest BCUT2D eigenvalue weighted by Crippen LogP contribution is 2.38.